The average molecular weight is 128 g/mol. The lowest BCUT2D eigenvalue weighted by Gasteiger charge is -2.34. The summed E-state index contributed by atoms with van der Waals surface area (Å²) in [6.45, 7) is 2.48. The fourth-order valence-electron chi connectivity index (χ4n) is 1.23. The fraction of sp³-hybridized carbons (Fsp3) is 0.857. The summed E-state index contributed by atoms with van der Waals surface area (Å²) in [6, 6.07) is 0. The number of likely N-dealkylation sites (tertiary alicyclic amines) is 1. The third-order valence-corrected chi connectivity index (χ3v) is 1.97. The molecule has 0 bridgehead atoms. The molecule has 2 fully saturated rings. The minimum atomic E-state index is -0.524. The molecule has 1 unspecified atom stereocenters. The summed E-state index contributed by atoms with van der Waals surface area (Å²) in [7, 11) is 0. The second-order valence-electron chi connectivity index (χ2n) is 3.05. The van der Waals surface area contributed by atoms with Crippen molar-refractivity contribution in [3.05, 3.63) is 6.42 Å². The van der Waals surface area contributed by atoms with E-state index in [0.29, 0.717) is 13.1 Å². The summed E-state index contributed by atoms with van der Waals surface area (Å²) in [5.41, 5.74) is 0. The highest BCUT2D eigenvalue weighted by Gasteiger charge is 2.31. The first-order chi connectivity index (χ1) is 4.34. The molecule has 0 aromatic rings. The van der Waals surface area contributed by atoms with E-state index in [1.807, 2.05) is 0 Å². The molecule has 0 spiro atoms. The first-order valence-corrected chi connectivity index (χ1v) is 3.54. The number of hydrogen-bond donors (Lipinski definition) is 0. The van der Waals surface area contributed by atoms with Gasteiger partial charge >= 0.3 is 0 Å². The van der Waals surface area contributed by atoms with Crippen molar-refractivity contribution in [3.63, 3.8) is 0 Å². The number of alkyl halides is 1. The molecule has 1 saturated carbocycles. The maximum Gasteiger partial charge on any atom is 0.125 e. The molecule has 1 radical (unpaired) electrons. The summed E-state index contributed by atoms with van der Waals surface area (Å²) in [5, 5.41) is 0. The SMILES string of the molecule is FC1CN(CC2[CH]C2)C1. The van der Waals surface area contributed by atoms with Gasteiger partial charge in [0.2, 0.25) is 0 Å². The van der Waals surface area contributed by atoms with Crippen LogP contribution >= 0.6 is 0 Å². The van der Waals surface area contributed by atoms with Gasteiger partial charge in [-0.25, -0.2) is 4.39 Å². The molecule has 2 aliphatic rings. The molecule has 1 aliphatic carbocycles. The molecule has 0 N–H and O–H groups in total. The van der Waals surface area contributed by atoms with Crippen LogP contribution in [0.1, 0.15) is 6.42 Å². The second-order valence-corrected chi connectivity index (χ2v) is 3.05. The van der Waals surface area contributed by atoms with Gasteiger partial charge in [0.15, 0.2) is 0 Å². The molecule has 0 aromatic carbocycles. The van der Waals surface area contributed by atoms with E-state index >= 15 is 0 Å². The highest BCUT2D eigenvalue weighted by atomic mass is 19.1. The van der Waals surface area contributed by atoms with Crippen molar-refractivity contribution in [2.24, 2.45) is 5.92 Å². The van der Waals surface area contributed by atoms with Crippen LogP contribution in [0.3, 0.4) is 0 Å². The highest BCUT2D eigenvalue weighted by molar-refractivity contribution is 4.98. The normalized spacial score (nSPS) is 30.3. The zero-order chi connectivity index (χ0) is 6.27. The second kappa shape index (κ2) is 1.94. The van der Waals surface area contributed by atoms with Gasteiger partial charge in [-0.2, -0.15) is 0 Å². The van der Waals surface area contributed by atoms with Crippen LogP contribution in [0.4, 0.5) is 4.39 Å². The molecular formula is C7H11FN. The number of nitrogens with zero attached hydrogens (tertiary/aromatic N) is 1. The van der Waals surface area contributed by atoms with Crippen LogP contribution in [0.2, 0.25) is 0 Å². The van der Waals surface area contributed by atoms with E-state index in [-0.39, 0.29) is 0 Å². The Morgan fingerprint density at radius 2 is 2.22 bits per heavy atom. The molecule has 1 nitrogen and oxygen atoms in total. The van der Waals surface area contributed by atoms with Crippen molar-refractivity contribution in [1.82, 2.24) is 4.90 Å². The predicted octanol–water partition coefficient (Wildman–Crippen LogP) is 0.864. The standard InChI is InChI=1S/C7H11FN/c8-7-4-9(5-7)3-6-1-2-6/h1,6-7H,2-5H2. The summed E-state index contributed by atoms with van der Waals surface area (Å²) in [4.78, 5) is 2.18. The lowest BCUT2D eigenvalue weighted by Crippen LogP contribution is -2.48. The molecule has 0 aromatic heterocycles. The maximum atomic E-state index is 12.2. The monoisotopic (exact) mass is 128 g/mol. The summed E-state index contributed by atoms with van der Waals surface area (Å²) < 4.78 is 12.2. The van der Waals surface area contributed by atoms with Crippen molar-refractivity contribution in [1.29, 1.82) is 0 Å². The Bertz CT molecular complexity index is 105. The van der Waals surface area contributed by atoms with E-state index in [9.17, 15) is 4.39 Å². The fourth-order valence-corrected chi connectivity index (χ4v) is 1.23. The quantitative estimate of drug-likeness (QED) is 0.533. The minimum Gasteiger partial charge on any atom is -0.297 e. The lowest BCUT2D eigenvalue weighted by atomic mass is 10.2. The van der Waals surface area contributed by atoms with Crippen molar-refractivity contribution >= 4 is 0 Å². The van der Waals surface area contributed by atoms with Gasteiger partial charge in [-0.15, -0.1) is 0 Å². The van der Waals surface area contributed by atoms with Crippen LogP contribution in [0.25, 0.3) is 0 Å². The van der Waals surface area contributed by atoms with Crippen molar-refractivity contribution < 1.29 is 4.39 Å². The van der Waals surface area contributed by atoms with Crippen molar-refractivity contribution in [2.75, 3.05) is 19.6 Å². The Morgan fingerprint density at radius 3 is 2.67 bits per heavy atom. The topological polar surface area (TPSA) is 3.24 Å². The summed E-state index contributed by atoms with van der Waals surface area (Å²) >= 11 is 0. The Kier molecular flexibility index (Phi) is 1.22. The molecule has 2 heteroatoms. The minimum absolute atomic E-state index is 0.524. The Labute approximate surface area is 54.8 Å². The van der Waals surface area contributed by atoms with Crippen LogP contribution in [0.5, 0.6) is 0 Å². The number of rotatable bonds is 2. The Morgan fingerprint density at radius 1 is 1.56 bits per heavy atom. The smallest absolute Gasteiger partial charge is 0.125 e. The van der Waals surface area contributed by atoms with E-state index < -0.39 is 6.17 Å². The average Bonchev–Trinajstić information content (AvgIpc) is 2.45. The predicted molar refractivity (Wildman–Crippen MR) is 33.7 cm³/mol. The lowest BCUT2D eigenvalue weighted by molar-refractivity contribution is 0.0627. The Balaban J connectivity index is 1.64. The number of halogens is 1. The largest absolute Gasteiger partial charge is 0.297 e. The highest BCUT2D eigenvalue weighted by Crippen LogP contribution is 2.29. The van der Waals surface area contributed by atoms with E-state index in [2.05, 4.69) is 11.3 Å². The molecule has 1 atom stereocenters. The van der Waals surface area contributed by atoms with Crippen LogP contribution in [0, 0.1) is 12.3 Å². The first-order valence-electron chi connectivity index (χ1n) is 3.54. The van der Waals surface area contributed by atoms with Gasteiger partial charge < -0.3 is 0 Å². The number of hydrogen-bond acceptors (Lipinski definition) is 1. The summed E-state index contributed by atoms with van der Waals surface area (Å²) in [5.74, 6) is 0.803. The Hall–Kier alpha value is -0.110. The van der Waals surface area contributed by atoms with Gasteiger partial charge in [0.25, 0.3) is 0 Å². The molecule has 51 valence electrons. The summed E-state index contributed by atoms with van der Waals surface area (Å²) in [6.07, 6.45) is 3.02. The van der Waals surface area contributed by atoms with E-state index in [1.165, 1.54) is 6.42 Å². The van der Waals surface area contributed by atoms with Gasteiger partial charge in [-0.3, -0.25) is 4.90 Å². The van der Waals surface area contributed by atoms with Crippen LogP contribution in [-0.4, -0.2) is 30.7 Å². The van der Waals surface area contributed by atoms with Crippen molar-refractivity contribution in [3.8, 4) is 0 Å². The third-order valence-electron chi connectivity index (χ3n) is 1.97. The molecule has 1 saturated heterocycles. The first kappa shape index (κ1) is 5.66. The van der Waals surface area contributed by atoms with E-state index in [1.54, 1.807) is 0 Å². The molecule has 1 aliphatic heterocycles. The van der Waals surface area contributed by atoms with Gasteiger partial charge in [-0.05, 0) is 18.8 Å². The van der Waals surface area contributed by atoms with E-state index in [4.69, 9.17) is 0 Å². The molecular weight excluding hydrogens is 117 g/mol. The molecule has 0 amide bonds. The zero-order valence-electron chi connectivity index (χ0n) is 5.39. The van der Waals surface area contributed by atoms with Gasteiger partial charge in [0.1, 0.15) is 6.17 Å². The molecule has 2 rings (SSSR count). The van der Waals surface area contributed by atoms with Gasteiger partial charge in [-0.1, -0.05) is 0 Å². The third kappa shape index (κ3) is 1.23. The van der Waals surface area contributed by atoms with Crippen LogP contribution in [0.15, 0.2) is 0 Å². The maximum absolute atomic E-state index is 12.2. The van der Waals surface area contributed by atoms with Gasteiger partial charge in [0.05, 0.1) is 0 Å². The molecule has 9 heavy (non-hydrogen) atoms. The van der Waals surface area contributed by atoms with Crippen LogP contribution in [-0.2, 0) is 0 Å². The van der Waals surface area contributed by atoms with Crippen LogP contribution < -0.4 is 0 Å². The zero-order valence-corrected chi connectivity index (χ0v) is 5.39. The molecule has 1 heterocycles. The van der Waals surface area contributed by atoms with E-state index in [0.717, 1.165) is 12.5 Å². The van der Waals surface area contributed by atoms with Crippen molar-refractivity contribution in [2.45, 2.75) is 12.6 Å². The van der Waals surface area contributed by atoms with Gasteiger partial charge in [0, 0.05) is 19.6 Å².